The number of hydrogen-bond donors (Lipinski definition) is 2. The summed E-state index contributed by atoms with van der Waals surface area (Å²) in [6, 6.07) is 17.3. The van der Waals surface area contributed by atoms with Gasteiger partial charge < -0.3 is 10.2 Å². The Morgan fingerprint density at radius 2 is 1.90 bits per heavy atom. The lowest BCUT2D eigenvalue weighted by Crippen LogP contribution is -2.45. The molecule has 160 valence electrons. The molecule has 1 atom stereocenters. The molecule has 1 fully saturated rings. The van der Waals surface area contributed by atoms with Crippen LogP contribution in [0, 0.1) is 17.6 Å². The second kappa shape index (κ2) is 9.26. The van der Waals surface area contributed by atoms with Crippen LogP contribution in [0.25, 0.3) is 11.4 Å². The molecule has 1 aliphatic rings. The average molecular weight is 436 g/mol. The van der Waals surface area contributed by atoms with E-state index in [1.54, 1.807) is 9.47 Å². The van der Waals surface area contributed by atoms with E-state index in [0.29, 0.717) is 23.7 Å². The summed E-state index contributed by atoms with van der Waals surface area (Å²) in [6.07, 6.45) is 1.56. The standard InChI is InChI=1S/C23H25N5O2S/c1-16-9-11-17(12-10-16)21-25-26-23(31)28(21)15-20(29)27-13-5-6-18(14-27)22(30)24-19-7-3-2-4-8-19/h2-4,7-12,18H,5-6,13-15H2,1H3,(H,24,30)(H,26,31). The summed E-state index contributed by atoms with van der Waals surface area (Å²) in [5.41, 5.74) is 2.81. The van der Waals surface area contributed by atoms with Gasteiger partial charge in [0.2, 0.25) is 11.8 Å². The van der Waals surface area contributed by atoms with Gasteiger partial charge in [-0.1, -0.05) is 48.0 Å². The molecule has 0 bridgehead atoms. The molecule has 0 saturated carbocycles. The molecule has 2 N–H and O–H groups in total. The molecule has 2 amide bonds. The van der Waals surface area contributed by atoms with E-state index in [1.165, 1.54) is 0 Å². The number of carbonyl (C=O) groups excluding carboxylic acids is 2. The van der Waals surface area contributed by atoms with Crippen LogP contribution in [0.2, 0.25) is 0 Å². The number of carbonyl (C=O) groups is 2. The van der Waals surface area contributed by atoms with E-state index in [4.69, 9.17) is 12.2 Å². The summed E-state index contributed by atoms with van der Waals surface area (Å²) >= 11 is 5.37. The normalized spacial score (nSPS) is 16.2. The molecule has 0 radical (unpaired) electrons. The first-order chi connectivity index (χ1) is 15.0. The van der Waals surface area contributed by atoms with Gasteiger partial charge in [-0.2, -0.15) is 5.10 Å². The molecular weight excluding hydrogens is 410 g/mol. The first-order valence-corrected chi connectivity index (χ1v) is 10.8. The van der Waals surface area contributed by atoms with Crippen molar-refractivity contribution in [3.8, 4) is 11.4 Å². The number of H-pyrrole nitrogens is 1. The molecule has 1 aromatic heterocycles. The summed E-state index contributed by atoms with van der Waals surface area (Å²) in [5.74, 6) is 0.285. The molecule has 0 aliphatic carbocycles. The zero-order valence-corrected chi connectivity index (χ0v) is 18.2. The topological polar surface area (TPSA) is 83.0 Å². The number of para-hydroxylation sites is 1. The summed E-state index contributed by atoms with van der Waals surface area (Å²) < 4.78 is 2.12. The molecule has 2 heterocycles. The highest BCUT2D eigenvalue weighted by Crippen LogP contribution is 2.21. The Bertz CT molecular complexity index is 1120. The zero-order chi connectivity index (χ0) is 21.8. The first-order valence-electron chi connectivity index (χ1n) is 10.4. The summed E-state index contributed by atoms with van der Waals surface area (Å²) in [4.78, 5) is 27.5. The summed E-state index contributed by atoms with van der Waals surface area (Å²) in [6.45, 7) is 3.15. The fourth-order valence-corrected chi connectivity index (χ4v) is 4.00. The Balaban J connectivity index is 1.44. The van der Waals surface area contributed by atoms with Crippen LogP contribution in [-0.2, 0) is 16.1 Å². The number of benzene rings is 2. The monoisotopic (exact) mass is 435 g/mol. The van der Waals surface area contributed by atoms with E-state index < -0.39 is 0 Å². The van der Waals surface area contributed by atoms with Crippen molar-refractivity contribution in [2.75, 3.05) is 18.4 Å². The van der Waals surface area contributed by atoms with Gasteiger partial charge in [-0.05, 0) is 44.1 Å². The minimum Gasteiger partial charge on any atom is -0.340 e. The van der Waals surface area contributed by atoms with E-state index >= 15 is 0 Å². The minimum absolute atomic E-state index is 0.0519. The fraction of sp³-hybridized carbons (Fsp3) is 0.304. The smallest absolute Gasteiger partial charge is 0.242 e. The highest BCUT2D eigenvalue weighted by atomic mass is 32.1. The largest absolute Gasteiger partial charge is 0.340 e. The van der Waals surface area contributed by atoms with Crippen LogP contribution in [0.5, 0.6) is 0 Å². The number of aromatic amines is 1. The third kappa shape index (κ3) is 4.91. The van der Waals surface area contributed by atoms with Crippen LogP contribution in [0.1, 0.15) is 18.4 Å². The van der Waals surface area contributed by atoms with Crippen LogP contribution >= 0.6 is 12.2 Å². The van der Waals surface area contributed by atoms with E-state index in [0.717, 1.165) is 29.7 Å². The van der Waals surface area contributed by atoms with E-state index in [-0.39, 0.29) is 24.3 Å². The van der Waals surface area contributed by atoms with Crippen molar-refractivity contribution in [1.29, 1.82) is 0 Å². The molecule has 2 aromatic carbocycles. The summed E-state index contributed by atoms with van der Waals surface area (Å²) in [7, 11) is 0. The van der Waals surface area contributed by atoms with E-state index in [9.17, 15) is 9.59 Å². The van der Waals surface area contributed by atoms with Gasteiger partial charge in [0, 0.05) is 24.3 Å². The van der Waals surface area contributed by atoms with Crippen LogP contribution in [-0.4, -0.2) is 44.6 Å². The Kier molecular flexibility index (Phi) is 6.27. The number of piperidine rings is 1. The molecule has 31 heavy (non-hydrogen) atoms. The van der Waals surface area contributed by atoms with Crippen molar-refractivity contribution in [2.24, 2.45) is 5.92 Å². The molecule has 7 nitrogen and oxygen atoms in total. The Labute approximate surface area is 186 Å². The maximum atomic E-state index is 13.1. The van der Waals surface area contributed by atoms with Crippen molar-refractivity contribution in [2.45, 2.75) is 26.3 Å². The maximum absolute atomic E-state index is 13.1. The lowest BCUT2D eigenvalue weighted by Gasteiger charge is -2.32. The fourth-order valence-electron chi connectivity index (χ4n) is 3.81. The first kappa shape index (κ1) is 21.0. The summed E-state index contributed by atoms with van der Waals surface area (Å²) in [5, 5.41) is 10.1. The molecule has 4 rings (SSSR count). The second-order valence-electron chi connectivity index (χ2n) is 7.84. The SMILES string of the molecule is Cc1ccc(-c2n[nH]c(=S)n2CC(=O)N2CCCC(C(=O)Nc3ccccc3)C2)cc1. The molecule has 1 saturated heterocycles. The van der Waals surface area contributed by atoms with Gasteiger partial charge in [0.05, 0.1) is 5.92 Å². The number of aryl methyl sites for hydroxylation is 1. The highest BCUT2D eigenvalue weighted by Gasteiger charge is 2.29. The van der Waals surface area contributed by atoms with Gasteiger partial charge in [0.1, 0.15) is 6.54 Å². The molecule has 1 unspecified atom stereocenters. The van der Waals surface area contributed by atoms with Gasteiger partial charge >= 0.3 is 0 Å². The number of nitrogens with zero attached hydrogens (tertiary/aromatic N) is 3. The van der Waals surface area contributed by atoms with E-state index in [1.807, 2.05) is 61.5 Å². The van der Waals surface area contributed by atoms with Crippen molar-refractivity contribution >= 4 is 29.7 Å². The number of aromatic nitrogens is 3. The van der Waals surface area contributed by atoms with Gasteiger partial charge in [0.15, 0.2) is 10.6 Å². The Morgan fingerprint density at radius 1 is 1.16 bits per heavy atom. The zero-order valence-electron chi connectivity index (χ0n) is 17.4. The predicted molar refractivity (Wildman–Crippen MR) is 122 cm³/mol. The lowest BCUT2D eigenvalue weighted by molar-refractivity contribution is -0.135. The van der Waals surface area contributed by atoms with Crippen LogP contribution < -0.4 is 5.32 Å². The number of amides is 2. The van der Waals surface area contributed by atoms with Gasteiger partial charge in [-0.25, -0.2) is 0 Å². The van der Waals surface area contributed by atoms with Crippen molar-refractivity contribution in [3.05, 3.63) is 64.9 Å². The number of hydrogen-bond acceptors (Lipinski definition) is 4. The van der Waals surface area contributed by atoms with Crippen LogP contribution in [0.4, 0.5) is 5.69 Å². The molecular formula is C23H25N5O2S. The van der Waals surface area contributed by atoms with E-state index in [2.05, 4.69) is 15.5 Å². The number of anilines is 1. The Morgan fingerprint density at radius 3 is 2.65 bits per heavy atom. The number of likely N-dealkylation sites (tertiary alicyclic amines) is 1. The number of nitrogens with one attached hydrogen (secondary N) is 2. The third-order valence-electron chi connectivity index (χ3n) is 5.55. The van der Waals surface area contributed by atoms with Gasteiger partial charge in [-0.15, -0.1) is 0 Å². The highest BCUT2D eigenvalue weighted by molar-refractivity contribution is 7.71. The van der Waals surface area contributed by atoms with Crippen molar-refractivity contribution in [1.82, 2.24) is 19.7 Å². The van der Waals surface area contributed by atoms with Gasteiger partial charge in [0.25, 0.3) is 0 Å². The second-order valence-corrected chi connectivity index (χ2v) is 8.23. The maximum Gasteiger partial charge on any atom is 0.242 e. The molecule has 8 heteroatoms. The van der Waals surface area contributed by atoms with Crippen LogP contribution in [0.15, 0.2) is 54.6 Å². The minimum atomic E-state index is -0.230. The van der Waals surface area contributed by atoms with Gasteiger partial charge in [-0.3, -0.25) is 19.3 Å². The molecule has 0 spiro atoms. The molecule has 3 aromatic rings. The number of rotatable bonds is 5. The average Bonchev–Trinajstić information content (AvgIpc) is 3.15. The molecule has 1 aliphatic heterocycles. The lowest BCUT2D eigenvalue weighted by atomic mass is 9.97. The Hall–Kier alpha value is -3.26. The van der Waals surface area contributed by atoms with Crippen molar-refractivity contribution < 1.29 is 9.59 Å². The van der Waals surface area contributed by atoms with Crippen LogP contribution in [0.3, 0.4) is 0 Å². The quantitative estimate of drug-likeness (QED) is 0.597. The predicted octanol–water partition coefficient (Wildman–Crippen LogP) is 3.79. The van der Waals surface area contributed by atoms with Crippen molar-refractivity contribution in [3.63, 3.8) is 0 Å². The third-order valence-corrected chi connectivity index (χ3v) is 5.86.